The molecule has 0 spiro atoms. The summed E-state index contributed by atoms with van der Waals surface area (Å²) in [7, 11) is 0. The van der Waals surface area contributed by atoms with Crippen molar-refractivity contribution < 1.29 is 9.53 Å². The van der Waals surface area contributed by atoms with Crippen molar-refractivity contribution in [2.24, 2.45) is 0 Å². The summed E-state index contributed by atoms with van der Waals surface area (Å²) < 4.78 is 8.46. The van der Waals surface area contributed by atoms with Gasteiger partial charge in [-0.05, 0) is 36.8 Å². The number of thiazole rings is 1. The van der Waals surface area contributed by atoms with E-state index in [0.29, 0.717) is 18.2 Å². The molecule has 2 aromatic carbocycles. The van der Waals surface area contributed by atoms with Crippen LogP contribution in [0.2, 0.25) is 0 Å². The first kappa shape index (κ1) is 19.8. The van der Waals surface area contributed by atoms with Crippen LogP contribution in [0.3, 0.4) is 0 Å². The minimum absolute atomic E-state index is 0.0227. The van der Waals surface area contributed by atoms with Crippen LogP contribution >= 0.6 is 23.1 Å². The van der Waals surface area contributed by atoms with Gasteiger partial charge in [-0.25, -0.2) is 4.98 Å². The van der Waals surface area contributed by atoms with Gasteiger partial charge in [0, 0.05) is 5.56 Å². The van der Waals surface area contributed by atoms with Gasteiger partial charge in [-0.15, -0.1) is 11.8 Å². The fourth-order valence-corrected chi connectivity index (χ4v) is 5.74. The number of hydrogen-bond donors (Lipinski definition) is 1. The van der Waals surface area contributed by atoms with E-state index < -0.39 is 0 Å². The van der Waals surface area contributed by atoms with Crippen LogP contribution in [-0.4, -0.2) is 33.0 Å². The SMILES string of the molecule is C=CCOc1ccc([C@H]2SCC(=O)Nc3c2c(C)nn3-c2nc3ccccc3s2)cc1. The minimum atomic E-state index is -0.0399. The van der Waals surface area contributed by atoms with Crippen LogP contribution in [0.15, 0.2) is 61.2 Å². The molecular weight excluding hydrogens is 428 g/mol. The molecule has 0 aliphatic carbocycles. The number of carbonyl (C=O) groups excluding carboxylic acids is 1. The van der Waals surface area contributed by atoms with Crippen molar-refractivity contribution >= 4 is 45.0 Å². The van der Waals surface area contributed by atoms with E-state index in [-0.39, 0.29) is 11.2 Å². The molecule has 8 heteroatoms. The highest BCUT2D eigenvalue weighted by molar-refractivity contribution is 8.00. The van der Waals surface area contributed by atoms with E-state index in [0.717, 1.165) is 37.9 Å². The first-order valence-corrected chi connectivity index (χ1v) is 11.7. The van der Waals surface area contributed by atoms with E-state index >= 15 is 0 Å². The number of nitrogens with one attached hydrogen (secondary N) is 1. The van der Waals surface area contributed by atoms with Gasteiger partial charge in [0.2, 0.25) is 11.0 Å². The van der Waals surface area contributed by atoms with Gasteiger partial charge in [0.25, 0.3) is 0 Å². The number of fused-ring (bicyclic) bond motifs is 2. The third-order valence-corrected chi connectivity index (χ3v) is 7.30. The molecule has 156 valence electrons. The highest BCUT2D eigenvalue weighted by Crippen LogP contribution is 2.44. The standard InChI is InChI=1S/C23H20N4O2S2/c1-3-12-29-16-10-8-15(9-11-16)21-20-14(2)26-27(22(20)25-19(28)13-30-21)23-24-17-6-4-5-7-18(17)31-23/h3-11,21H,1,12-13H2,2H3,(H,25,28)/t21-/m1/s1. The Balaban J connectivity index is 1.58. The Morgan fingerprint density at radius 2 is 2.06 bits per heavy atom. The summed E-state index contributed by atoms with van der Waals surface area (Å²) in [5.74, 6) is 1.82. The Labute approximate surface area is 188 Å². The van der Waals surface area contributed by atoms with Gasteiger partial charge in [0.1, 0.15) is 18.2 Å². The molecule has 0 saturated heterocycles. The van der Waals surface area contributed by atoms with Crippen molar-refractivity contribution in [3.63, 3.8) is 0 Å². The highest BCUT2D eigenvalue weighted by atomic mass is 32.2. The second kappa shape index (κ2) is 8.20. The largest absolute Gasteiger partial charge is 0.490 e. The Bertz CT molecular complexity index is 1240. The summed E-state index contributed by atoms with van der Waals surface area (Å²) in [6.07, 6.45) is 1.72. The molecule has 1 aliphatic heterocycles. The Morgan fingerprint density at radius 3 is 2.84 bits per heavy atom. The second-order valence-corrected chi connectivity index (χ2v) is 9.23. The van der Waals surface area contributed by atoms with Gasteiger partial charge in [-0.3, -0.25) is 4.79 Å². The maximum atomic E-state index is 12.5. The maximum absolute atomic E-state index is 12.5. The van der Waals surface area contributed by atoms with Crippen molar-refractivity contribution in [3.05, 3.63) is 78.0 Å². The molecule has 3 heterocycles. The lowest BCUT2D eigenvalue weighted by atomic mass is 10.0. The number of carbonyl (C=O) groups is 1. The molecule has 1 atom stereocenters. The fourth-order valence-electron chi connectivity index (χ4n) is 3.63. The molecule has 1 amide bonds. The topological polar surface area (TPSA) is 69.0 Å². The smallest absolute Gasteiger partial charge is 0.235 e. The Morgan fingerprint density at radius 1 is 1.26 bits per heavy atom. The lowest BCUT2D eigenvalue weighted by molar-refractivity contribution is -0.113. The number of amides is 1. The molecule has 1 aliphatic rings. The van der Waals surface area contributed by atoms with E-state index in [9.17, 15) is 4.79 Å². The number of benzene rings is 2. The second-order valence-electron chi connectivity index (χ2n) is 7.13. The molecule has 1 N–H and O–H groups in total. The van der Waals surface area contributed by atoms with Crippen LogP contribution < -0.4 is 10.1 Å². The van der Waals surface area contributed by atoms with Gasteiger partial charge in [0.15, 0.2) is 0 Å². The number of ether oxygens (including phenoxy) is 1. The van der Waals surface area contributed by atoms with Crippen molar-refractivity contribution in [1.29, 1.82) is 0 Å². The number of nitrogens with zero attached hydrogens (tertiary/aromatic N) is 3. The van der Waals surface area contributed by atoms with E-state index in [1.165, 1.54) is 0 Å². The molecule has 0 saturated carbocycles. The molecule has 0 radical (unpaired) electrons. The molecule has 5 rings (SSSR count). The molecular formula is C23H20N4O2S2. The van der Waals surface area contributed by atoms with E-state index in [1.807, 2.05) is 55.5 Å². The zero-order chi connectivity index (χ0) is 21.4. The van der Waals surface area contributed by atoms with E-state index in [1.54, 1.807) is 33.9 Å². The van der Waals surface area contributed by atoms with Gasteiger partial charge < -0.3 is 10.1 Å². The third kappa shape index (κ3) is 3.73. The summed E-state index contributed by atoms with van der Waals surface area (Å²) >= 11 is 3.16. The number of hydrogen-bond acceptors (Lipinski definition) is 6. The molecule has 4 aromatic rings. The van der Waals surface area contributed by atoms with Gasteiger partial charge >= 0.3 is 0 Å². The number of thioether (sulfide) groups is 1. The summed E-state index contributed by atoms with van der Waals surface area (Å²) in [4.78, 5) is 17.3. The zero-order valence-corrected chi connectivity index (χ0v) is 18.5. The summed E-state index contributed by atoms with van der Waals surface area (Å²) in [6, 6.07) is 16.0. The predicted molar refractivity (Wildman–Crippen MR) is 127 cm³/mol. The molecule has 6 nitrogen and oxygen atoms in total. The summed E-state index contributed by atoms with van der Waals surface area (Å²) in [5.41, 5.74) is 3.90. The maximum Gasteiger partial charge on any atom is 0.235 e. The van der Waals surface area contributed by atoms with Crippen molar-refractivity contribution in [2.45, 2.75) is 12.2 Å². The number of rotatable bonds is 5. The van der Waals surface area contributed by atoms with Crippen LogP contribution in [0.4, 0.5) is 5.82 Å². The average molecular weight is 449 g/mol. The summed E-state index contributed by atoms with van der Waals surface area (Å²) in [6.45, 7) is 6.13. The van der Waals surface area contributed by atoms with Gasteiger partial charge in [-0.2, -0.15) is 9.78 Å². The quantitative estimate of drug-likeness (QED) is 0.429. The normalized spacial score (nSPS) is 15.9. The molecule has 2 aromatic heterocycles. The predicted octanol–water partition coefficient (Wildman–Crippen LogP) is 5.13. The Hall–Kier alpha value is -3.10. The first-order chi connectivity index (χ1) is 15.1. The van der Waals surface area contributed by atoms with Gasteiger partial charge in [0.05, 0.1) is 26.9 Å². The summed E-state index contributed by atoms with van der Waals surface area (Å²) in [5, 5.41) is 8.55. The first-order valence-electron chi connectivity index (χ1n) is 9.84. The third-order valence-electron chi connectivity index (χ3n) is 5.02. The number of aryl methyl sites for hydroxylation is 1. The number of anilines is 1. The highest BCUT2D eigenvalue weighted by Gasteiger charge is 2.31. The van der Waals surface area contributed by atoms with E-state index in [4.69, 9.17) is 14.8 Å². The fraction of sp³-hybridized carbons (Fsp3) is 0.174. The zero-order valence-electron chi connectivity index (χ0n) is 16.9. The van der Waals surface area contributed by atoms with Crippen LogP contribution in [0.25, 0.3) is 15.3 Å². The molecule has 0 fully saturated rings. The lowest BCUT2D eigenvalue weighted by Gasteiger charge is -2.16. The van der Waals surface area contributed by atoms with Crippen LogP contribution in [0, 0.1) is 6.92 Å². The van der Waals surface area contributed by atoms with Gasteiger partial charge in [-0.1, -0.05) is 48.3 Å². The lowest BCUT2D eigenvalue weighted by Crippen LogP contribution is -2.15. The molecule has 31 heavy (non-hydrogen) atoms. The average Bonchev–Trinajstić information content (AvgIpc) is 3.29. The van der Waals surface area contributed by atoms with Crippen molar-refractivity contribution in [2.75, 3.05) is 17.7 Å². The monoisotopic (exact) mass is 448 g/mol. The van der Waals surface area contributed by atoms with Crippen LogP contribution in [-0.2, 0) is 4.79 Å². The minimum Gasteiger partial charge on any atom is -0.490 e. The molecule has 0 unspecified atom stereocenters. The van der Waals surface area contributed by atoms with Crippen LogP contribution in [0.1, 0.15) is 22.1 Å². The van der Waals surface area contributed by atoms with E-state index in [2.05, 4.69) is 11.9 Å². The molecule has 0 bridgehead atoms. The van der Waals surface area contributed by atoms with Crippen LogP contribution in [0.5, 0.6) is 5.75 Å². The van der Waals surface area contributed by atoms with Crippen molar-refractivity contribution in [3.8, 4) is 10.9 Å². The number of para-hydroxylation sites is 1. The Kier molecular flexibility index (Phi) is 5.25. The van der Waals surface area contributed by atoms with Crippen molar-refractivity contribution in [1.82, 2.24) is 14.8 Å². The number of aromatic nitrogens is 3.